The molecule has 25 heavy (non-hydrogen) atoms. The average molecular weight is 373 g/mol. The van der Waals surface area contributed by atoms with Crippen LogP contribution >= 0.6 is 11.8 Å². The zero-order valence-electron chi connectivity index (χ0n) is 14.8. The molecule has 0 unspecified atom stereocenters. The summed E-state index contributed by atoms with van der Waals surface area (Å²) in [6, 6.07) is 3.95. The van der Waals surface area contributed by atoms with E-state index >= 15 is 0 Å². The molecular weight excluding hydrogens is 349 g/mol. The number of thioether (sulfide) groups is 1. The van der Waals surface area contributed by atoms with Crippen molar-refractivity contribution in [3.05, 3.63) is 36.4 Å². The van der Waals surface area contributed by atoms with Crippen molar-refractivity contribution < 1.29 is 17.7 Å². The topological polar surface area (TPSA) is 24.9 Å². The van der Waals surface area contributed by atoms with Crippen molar-refractivity contribution in [2.45, 2.75) is 26.4 Å². The highest BCUT2D eigenvalue weighted by Crippen LogP contribution is 2.23. The molecule has 0 spiro atoms. The van der Waals surface area contributed by atoms with Gasteiger partial charge in [-0.2, -0.15) is 30.0 Å². The molecule has 0 aliphatic carbocycles. The summed E-state index contributed by atoms with van der Waals surface area (Å²) in [4.78, 5) is 2.16. The number of halogens is 3. The van der Waals surface area contributed by atoms with Crippen LogP contribution in [0.25, 0.3) is 5.69 Å². The fourth-order valence-electron chi connectivity index (χ4n) is 2.60. The Morgan fingerprint density at radius 1 is 1.36 bits per heavy atom. The average Bonchev–Trinajstić information content (AvgIpc) is 2.92. The second-order valence-corrected chi connectivity index (χ2v) is 6.98. The largest absolute Gasteiger partial charge is 0.397 e. The van der Waals surface area contributed by atoms with Gasteiger partial charge in [-0.3, -0.25) is 0 Å². The summed E-state index contributed by atoms with van der Waals surface area (Å²) in [5.41, 5.74) is 2.90. The molecule has 0 saturated heterocycles. The number of hydrogen-bond donors (Lipinski definition) is 0. The Labute approximate surface area is 150 Å². The lowest BCUT2D eigenvalue weighted by Crippen LogP contribution is -2.27. The third-order valence-electron chi connectivity index (χ3n) is 3.77. The Bertz CT molecular complexity index is 685. The molecule has 138 valence electrons. The van der Waals surface area contributed by atoms with Crippen LogP contribution in [0.3, 0.4) is 0 Å². The molecule has 4 nitrogen and oxygen atoms in total. The standard InChI is InChI=1S/C17H24F3N4S/c1-4-23(9-6-10-25-13-17(18,19)20)16-12-24(21-14(16)2)15-7-5-8-22(3)11-15/h5,7-8,11-12H,4,6,9-10,13H2,1-3H3/q+1. The zero-order chi connectivity index (χ0) is 18.4. The van der Waals surface area contributed by atoms with E-state index in [1.54, 1.807) is 0 Å². The predicted molar refractivity (Wildman–Crippen MR) is 95.4 cm³/mol. The van der Waals surface area contributed by atoms with Crippen molar-refractivity contribution in [2.75, 3.05) is 29.5 Å². The maximum Gasteiger partial charge on any atom is 0.397 e. The number of hydrogen-bond acceptors (Lipinski definition) is 3. The van der Waals surface area contributed by atoms with Gasteiger partial charge in [-0.05, 0) is 32.1 Å². The van der Waals surface area contributed by atoms with E-state index in [1.807, 2.05) is 60.9 Å². The summed E-state index contributed by atoms with van der Waals surface area (Å²) >= 11 is 0.940. The van der Waals surface area contributed by atoms with E-state index in [1.165, 1.54) is 0 Å². The van der Waals surface area contributed by atoms with Crippen LogP contribution in [0.4, 0.5) is 18.9 Å². The molecular formula is C17H24F3N4S+. The molecule has 0 saturated carbocycles. The summed E-state index contributed by atoms with van der Waals surface area (Å²) in [6.07, 6.45) is 2.55. The molecule has 2 aromatic rings. The van der Waals surface area contributed by atoms with E-state index in [9.17, 15) is 13.2 Å². The van der Waals surface area contributed by atoms with E-state index < -0.39 is 11.9 Å². The Balaban J connectivity index is 1.98. The Hall–Kier alpha value is -1.70. The van der Waals surface area contributed by atoms with Gasteiger partial charge in [0.25, 0.3) is 0 Å². The molecule has 0 aliphatic rings. The van der Waals surface area contributed by atoms with E-state index in [-0.39, 0.29) is 0 Å². The van der Waals surface area contributed by atoms with Gasteiger partial charge < -0.3 is 4.90 Å². The van der Waals surface area contributed by atoms with Crippen LogP contribution in [0.15, 0.2) is 30.7 Å². The third kappa shape index (κ3) is 5.95. The van der Waals surface area contributed by atoms with Crippen molar-refractivity contribution in [3.63, 3.8) is 0 Å². The molecule has 0 N–H and O–H groups in total. The van der Waals surface area contributed by atoms with Gasteiger partial charge in [-0.1, -0.05) is 0 Å². The van der Waals surface area contributed by atoms with Crippen LogP contribution in [0, 0.1) is 6.92 Å². The van der Waals surface area contributed by atoms with Gasteiger partial charge in [-0.15, -0.1) is 0 Å². The molecule has 0 radical (unpaired) electrons. The van der Waals surface area contributed by atoms with Crippen molar-refractivity contribution in [2.24, 2.45) is 7.05 Å². The fraction of sp³-hybridized carbons (Fsp3) is 0.529. The van der Waals surface area contributed by atoms with Crippen molar-refractivity contribution in [1.82, 2.24) is 9.78 Å². The Morgan fingerprint density at radius 2 is 2.12 bits per heavy atom. The van der Waals surface area contributed by atoms with Gasteiger partial charge in [0.2, 0.25) is 0 Å². The first kappa shape index (κ1) is 19.6. The minimum atomic E-state index is -4.08. The number of aromatic nitrogens is 3. The number of aryl methyl sites for hydroxylation is 2. The highest BCUT2D eigenvalue weighted by molar-refractivity contribution is 7.99. The predicted octanol–water partition coefficient (Wildman–Crippen LogP) is 3.52. The van der Waals surface area contributed by atoms with Gasteiger partial charge in [0, 0.05) is 19.2 Å². The minimum absolute atomic E-state index is 0.498. The highest BCUT2D eigenvalue weighted by atomic mass is 32.2. The molecule has 0 amide bonds. The molecule has 2 heterocycles. The van der Waals surface area contributed by atoms with Crippen LogP contribution in [-0.4, -0.2) is 40.6 Å². The third-order valence-corrected chi connectivity index (χ3v) is 4.88. The number of alkyl halides is 3. The van der Waals surface area contributed by atoms with Crippen molar-refractivity contribution in [3.8, 4) is 5.69 Å². The SMILES string of the molecule is CCN(CCCSCC(F)(F)F)c1cn(-c2ccc[n+](C)c2)nc1C. The molecule has 0 aliphatic heterocycles. The van der Waals surface area contributed by atoms with Gasteiger partial charge in [0.15, 0.2) is 12.4 Å². The molecule has 2 rings (SSSR count). The molecule has 0 aromatic carbocycles. The molecule has 8 heteroatoms. The lowest BCUT2D eigenvalue weighted by molar-refractivity contribution is -0.671. The quantitative estimate of drug-likeness (QED) is 0.523. The first-order valence-electron chi connectivity index (χ1n) is 8.21. The summed E-state index contributed by atoms with van der Waals surface area (Å²) in [5, 5.41) is 4.58. The minimum Gasteiger partial charge on any atom is -0.369 e. The van der Waals surface area contributed by atoms with Crippen molar-refractivity contribution >= 4 is 17.4 Å². The summed E-state index contributed by atoms with van der Waals surface area (Å²) < 4.78 is 40.3. The Morgan fingerprint density at radius 3 is 2.76 bits per heavy atom. The van der Waals surface area contributed by atoms with Crippen LogP contribution in [0.5, 0.6) is 0 Å². The number of nitrogens with zero attached hydrogens (tertiary/aromatic N) is 4. The zero-order valence-corrected chi connectivity index (χ0v) is 15.6. The second kappa shape index (κ2) is 8.60. The lowest BCUT2D eigenvalue weighted by Gasteiger charge is -2.22. The van der Waals surface area contributed by atoms with E-state index in [4.69, 9.17) is 0 Å². The molecule has 2 aromatic heterocycles. The second-order valence-electron chi connectivity index (χ2n) is 5.87. The van der Waals surface area contributed by atoms with Crippen LogP contribution in [-0.2, 0) is 7.05 Å². The lowest BCUT2D eigenvalue weighted by atomic mass is 10.3. The van der Waals surface area contributed by atoms with E-state index in [0.29, 0.717) is 12.2 Å². The maximum atomic E-state index is 12.2. The smallest absolute Gasteiger partial charge is 0.369 e. The first-order chi connectivity index (χ1) is 11.8. The van der Waals surface area contributed by atoms with Gasteiger partial charge in [0.05, 0.1) is 23.3 Å². The van der Waals surface area contributed by atoms with Crippen LogP contribution < -0.4 is 9.47 Å². The van der Waals surface area contributed by atoms with Crippen LogP contribution in [0.2, 0.25) is 0 Å². The van der Waals surface area contributed by atoms with E-state index in [2.05, 4.69) is 10.00 Å². The van der Waals surface area contributed by atoms with Gasteiger partial charge in [-0.25, -0.2) is 9.25 Å². The van der Waals surface area contributed by atoms with Gasteiger partial charge in [0.1, 0.15) is 12.7 Å². The van der Waals surface area contributed by atoms with Gasteiger partial charge >= 0.3 is 6.18 Å². The van der Waals surface area contributed by atoms with Crippen LogP contribution in [0.1, 0.15) is 19.0 Å². The van der Waals surface area contributed by atoms with E-state index in [0.717, 1.165) is 41.9 Å². The number of pyridine rings is 1. The first-order valence-corrected chi connectivity index (χ1v) is 9.37. The maximum absolute atomic E-state index is 12.2. The summed E-state index contributed by atoms with van der Waals surface area (Å²) in [6.45, 7) is 5.51. The fourth-order valence-corrected chi connectivity index (χ4v) is 3.30. The van der Waals surface area contributed by atoms with Crippen molar-refractivity contribution in [1.29, 1.82) is 0 Å². The molecule has 0 bridgehead atoms. The molecule has 0 fully saturated rings. The summed E-state index contributed by atoms with van der Waals surface area (Å²) in [7, 11) is 1.96. The monoisotopic (exact) mass is 373 g/mol. The molecule has 0 atom stereocenters. The number of anilines is 1. The summed E-state index contributed by atoms with van der Waals surface area (Å²) in [5.74, 6) is -0.279. The Kier molecular flexibility index (Phi) is 6.75. The normalized spacial score (nSPS) is 11.8. The number of rotatable bonds is 8. The highest BCUT2D eigenvalue weighted by Gasteiger charge is 2.26.